The summed E-state index contributed by atoms with van der Waals surface area (Å²) in [5, 5.41) is 8.74. The summed E-state index contributed by atoms with van der Waals surface area (Å²) in [5.74, 6) is 4.86. The van der Waals surface area contributed by atoms with Crippen LogP contribution in [0, 0.1) is 23.2 Å². The number of ether oxygens (including phenoxy) is 1. The smallest absolute Gasteiger partial charge is 0.390 e. The number of carbonyl (C=O) groups excluding carboxylic acids is 1. The summed E-state index contributed by atoms with van der Waals surface area (Å²) in [6, 6.07) is 17.5. The molecule has 0 spiro atoms. The topological polar surface area (TPSA) is 50.1 Å². The van der Waals surface area contributed by atoms with Gasteiger partial charge in [0.1, 0.15) is 5.75 Å². The highest BCUT2D eigenvalue weighted by atomic mass is 16.5. The molecule has 90 valence electrons. The molecule has 0 aliphatic heterocycles. The maximum atomic E-state index is 11.5. The minimum absolute atomic E-state index is 0.451. The van der Waals surface area contributed by atoms with E-state index in [0.29, 0.717) is 16.9 Å². The van der Waals surface area contributed by atoms with E-state index in [1.54, 1.807) is 48.5 Å². The lowest BCUT2D eigenvalue weighted by Crippen LogP contribution is -2.04. The first-order chi connectivity index (χ1) is 9.28. The predicted octanol–water partition coefficient (Wildman–Crippen LogP) is 2.52. The molecule has 0 aliphatic carbocycles. The molecule has 0 fully saturated rings. The van der Waals surface area contributed by atoms with Crippen molar-refractivity contribution in [2.45, 2.75) is 0 Å². The molecule has 2 aromatic carbocycles. The molecule has 0 N–H and O–H groups in total. The number of hydrogen-bond acceptors (Lipinski definition) is 3. The van der Waals surface area contributed by atoms with Gasteiger partial charge in [0.05, 0.1) is 11.6 Å². The van der Waals surface area contributed by atoms with Gasteiger partial charge in [-0.3, -0.25) is 0 Å². The number of esters is 1. The van der Waals surface area contributed by atoms with Crippen LogP contribution in [0.1, 0.15) is 11.1 Å². The van der Waals surface area contributed by atoms with E-state index in [4.69, 9.17) is 10.00 Å². The fourth-order valence-corrected chi connectivity index (χ4v) is 1.41. The minimum Gasteiger partial charge on any atom is -0.417 e. The lowest BCUT2D eigenvalue weighted by Gasteiger charge is -1.97. The van der Waals surface area contributed by atoms with Crippen molar-refractivity contribution < 1.29 is 9.53 Å². The van der Waals surface area contributed by atoms with Gasteiger partial charge in [-0.2, -0.15) is 5.26 Å². The molecule has 2 aromatic rings. The predicted molar refractivity (Wildman–Crippen MR) is 70.1 cm³/mol. The highest BCUT2D eigenvalue weighted by molar-refractivity contribution is 5.90. The molecular formula is C16H9NO2. The van der Waals surface area contributed by atoms with Crippen LogP contribution >= 0.6 is 0 Å². The van der Waals surface area contributed by atoms with Crippen molar-refractivity contribution in [2.24, 2.45) is 0 Å². The van der Waals surface area contributed by atoms with Crippen molar-refractivity contribution in [3.8, 4) is 23.7 Å². The SMILES string of the molecule is N#Cc1cccc(C#CC(=O)Oc2ccccc2)c1. The molecule has 0 aromatic heterocycles. The monoisotopic (exact) mass is 247 g/mol. The van der Waals surface area contributed by atoms with E-state index in [0.717, 1.165) is 0 Å². The fourth-order valence-electron chi connectivity index (χ4n) is 1.41. The quantitative estimate of drug-likeness (QED) is 0.442. The second-order valence-electron chi connectivity index (χ2n) is 3.65. The Morgan fingerprint density at radius 3 is 2.47 bits per heavy atom. The van der Waals surface area contributed by atoms with Crippen LogP contribution in [0.5, 0.6) is 5.75 Å². The Morgan fingerprint density at radius 2 is 1.74 bits per heavy atom. The maximum absolute atomic E-state index is 11.5. The zero-order valence-electron chi connectivity index (χ0n) is 9.96. The maximum Gasteiger partial charge on any atom is 0.390 e. The van der Waals surface area contributed by atoms with E-state index in [-0.39, 0.29) is 0 Å². The average molecular weight is 247 g/mol. The van der Waals surface area contributed by atoms with Gasteiger partial charge < -0.3 is 4.74 Å². The third-order valence-corrected chi connectivity index (χ3v) is 2.25. The number of nitriles is 1. The third kappa shape index (κ3) is 3.73. The Labute approximate surface area is 111 Å². The third-order valence-electron chi connectivity index (χ3n) is 2.25. The molecule has 3 heteroatoms. The number of carbonyl (C=O) groups is 1. The summed E-state index contributed by atoms with van der Waals surface area (Å²) < 4.78 is 5.02. The molecule has 0 amide bonds. The van der Waals surface area contributed by atoms with Crippen molar-refractivity contribution in [3.05, 3.63) is 65.7 Å². The Balaban J connectivity index is 2.07. The van der Waals surface area contributed by atoms with Gasteiger partial charge >= 0.3 is 5.97 Å². The average Bonchev–Trinajstić information content (AvgIpc) is 2.46. The molecule has 0 atom stereocenters. The molecule has 0 saturated heterocycles. The molecule has 0 unspecified atom stereocenters. The van der Waals surface area contributed by atoms with Crippen molar-refractivity contribution in [3.63, 3.8) is 0 Å². The van der Waals surface area contributed by atoms with Crippen LogP contribution < -0.4 is 4.74 Å². The highest BCUT2D eigenvalue weighted by Crippen LogP contribution is 2.08. The van der Waals surface area contributed by atoms with E-state index in [1.165, 1.54) is 0 Å². The van der Waals surface area contributed by atoms with Gasteiger partial charge in [-0.05, 0) is 30.3 Å². The Hall–Kier alpha value is -3.04. The standard InChI is InChI=1S/C16H9NO2/c17-12-14-6-4-5-13(11-14)9-10-16(18)19-15-7-2-1-3-8-15/h1-8,11H. The number of hydrogen-bond donors (Lipinski definition) is 0. The second-order valence-corrected chi connectivity index (χ2v) is 3.65. The number of rotatable bonds is 1. The zero-order valence-corrected chi connectivity index (χ0v) is 9.96. The summed E-state index contributed by atoms with van der Waals surface area (Å²) in [6.45, 7) is 0. The molecule has 19 heavy (non-hydrogen) atoms. The van der Waals surface area contributed by atoms with Crippen LogP contribution in [0.3, 0.4) is 0 Å². The van der Waals surface area contributed by atoms with Gasteiger partial charge in [-0.25, -0.2) is 4.79 Å². The van der Waals surface area contributed by atoms with Gasteiger partial charge in [0.15, 0.2) is 0 Å². The number of benzene rings is 2. The van der Waals surface area contributed by atoms with Crippen LogP contribution in [0.2, 0.25) is 0 Å². The van der Waals surface area contributed by atoms with Gasteiger partial charge in [0.2, 0.25) is 0 Å². The van der Waals surface area contributed by atoms with E-state index in [1.807, 2.05) is 12.1 Å². The number of para-hydroxylation sites is 1. The molecular weight excluding hydrogens is 238 g/mol. The zero-order chi connectivity index (χ0) is 13.5. The van der Waals surface area contributed by atoms with Crippen LogP contribution in [-0.2, 0) is 4.79 Å². The number of nitrogens with zero attached hydrogens (tertiary/aromatic N) is 1. The summed E-state index contributed by atoms with van der Waals surface area (Å²) >= 11 is 0. The largest absolute Gasteiger partial charge is 0.417 e. The normalized spacial score (nSPS) is 8.79. The Kier molecular flexibility index (Phi) is 3.95. The summed E-state index contributed by atoms with van der Waals surface area (Å²) in [7, 11) is 0. The Bertz CT molecular complexity index is 688. The molecule has 0 radical (unpaired) electrons. The lowest BCUT2D eigenvalue weighted by atomic mass is 10.1. The first kappa shape index (κ1) is 12.4. The van der Waals surface area contributed by atoms with Gasteiger partial charge in [-0.15, -0.1) is 0 Å². The van der Waals surface area contributed by atoms with E-state index >= 15 is 0 Å². The Morgan fingerprint density at radius 1 is 1.00 bits per heavy atom. The minimum atomic E-state index is -0.631. The van der Waals surface area contributed by atoms with E-state index in [9.17, 15) is 4.79 Å². The fraction of sp³-hybridized carbons (Fsp3) is 0. The molecule has 0 bridgehead atoms. The van der Waals surface area contributed by atoms with Gasteiger partial charge in [0, 0.05) is 11.5 Å². The lowest BCUT2D eigenvalue weighted by molar-refractivity contribution is -0.128. The van der Waals surface area contributed by atoms with Crippen LogP contribution in [-0.4, -0.2) is 5.97 Å². The summed E-state index contributed by atoms with van der Waals surface area (Å²) in [4.78, 5) is 11.5. The van der Waals surface area contributed by atoms with Crippen LogP contribution in [0.15, 0.2) is 54.6 Å². The van der Waals surface area contributed by atoms with Gasteiger partial charge in [0.25, 0.3) is 0 Å². The molecule has 0 heterocycles. The molecule has 0 saturated carbocycles. The van der Waals surface area contributed by atoms with Crippen LogP contribution in [0.25, 0.3) is 0 Å². The van der Waals surface area contributed by atoms with Crippen LogP contribution in [0.4, 0.5) is 0 Å². The highest BCUT2D eigenvalue weighted by Gasteiger charge is 1.99. The molecule has 2 rings (SSSR count). The van der Waals surface area contributed by atoms with Crippen molar-refractivity contribution >= 4 is 5.97 Å². The van der Waals surface area contributed by atoms with Gasteiger partial charge in [-0.1, -0.05) is 30.2 Å². The van der Waals surface area contributed by atoms with E-state index in [2.05, 4.69) is 11.8 Å². The summed E-state index contributed by atoms with van der Waals surface area (Å²) in [6.07, 6.45) is 0. The first-order valence-corrected chi connectivity index (χ1v) is 5.57. The molecule has 0 aliphatic rings. The van der Waals surface area contributed by atoms with Crippen molar-refractivity contribution in [1.82, 2.24) is 0 Å². The van der Waals surface area contributed by atoms with Crippen molar-refractivity contribution in [1.29, 1.82) is 5.26 Å². The summed E-state index contributed by atoms with van der Waals surface area (Å²) in [5.41, 5.74) is 1.10. The second kappa shape index (κ2) is 6.05. The molecule has 3 nitrogen and oxygen atoms in total. The van der Waals surface area contributed by atoms with Crippen molar-refractivity contribution in [2.75, 3.05) is 0 Å². The first-order valence-electron chi connectivity index (χ1n) is 5.57. The van der Waals surface area contributed by atoms with E-state index < -0.39 is 5.97 Å².